The molecule has 1 aromatic rings. The van der Waals surface area contributed by atoms with Crippen LogP contribution in [0.15, 0.2) is 76.6 Å². The quantitative estimate of drug-likeness (QED) is 0.213. The number of nitrogens with zero attached hydrogens (tertiary/aromatic N) is 1. The van der Waals surface area contributed by atoms with E-state index in [0.29, 0.717) is 41.6 Å². The number of anilines is 2. The number of fused-ring (bicyclic) bond motifs is 1. The van der Waals surface area contributed by atoms with Gasteiger partial charge in [0, 0.05) is 12.1 Å². The minimum atomic E-state index is -5.13. The maximum Gasteiger partial charge on any atom is 0.427 e. The van der Waals surface area contributed by atoms with Gasteiger partial charge in [-0.25, -0.2) is 21.8 Å². The molecule has 19 heteroatoms. The number of allylic oxidation sites excluding steroid dienone is 6. The highest BCUT2D eigenvalue weighted by molar-refractivity contribution is 7.96. The lowest BCUT2D eigenvalue weighted by molar-refractivity contribution is -0.242. The predicted molar refractivity (Wildman–Crippen MR) is 170 cm³/mol. The van der Waals surface area contributed by atoms with E-state index < -0.39 is 80.6 Å². The van der Waals surface area contributed by atoms with Crippen molar-refractivity contribution in [3.63, 3.8) is 0 Å². The first-order valence-corrected chi connectivity index (χ1v) is 17.4. The topological polar surface area (TPSA) is 131 Å². The minimum absolute atomic E-state index is 0.184. The molecular weight excluding hydrogens is 723 g/mol. The third kappa shape index (κ3) is 9.15. The summed E-state index contributed by atoms with van der Waals surface area (Å²) in [5.41, 5.74) is -3.50. The number of carbonyl (C=O) groups is 2. The lowest BCUT2D eigenvalue weighted by atomic mass is 9.98. The van der Waals surface area contributed by atoms with Crippen LogP contribution in [0.2, 0.25) is 0 Å². The van der Waals surface area contributed by atoms with Gasteiger partial charge < -0.3 is 9.47 Å². The number of ether oxygens (including phenoxy) is 2. The van der Waals surface area contributed by atoms with Gasteiger partial charge in [0.15, 0.2) is 11.0 Å². The van der Waals surface area contributed by atoms with Crippen molar-refractivity contribution in [2.75, 3.05) is 16.2 Å². The number of hydrogen-bond donors (Lipinski definition) is 2. The average molecular weight is 756 g/mol. The van der Waals surface area contributed by atoms with Gasteiger partial charge in [0.1, 0.15) is 23.9 Å². The van der Waals surface area contributed by atoms with Gasteiger partial charge in [0.05, 0.1) is 22.0 Å². The zero-order valence-electron chi connectivity index (χ0n) is 26.5. The van der Waals surface area contributed by atoms with Gasteiger partial charge in [0.2, 0.25) is 11.5 Å². The van der Waals surface area contributed by atoms with Crippen LogP contribution >= 0.6 is 0 Å². The van der Waals surface area contributed by atoms with Crippen LogP contribution in [0.25, 0.3) is 0 Å². The zero-order chi connectivity index (χ0) is 37.2. The number of amides is 2. The summed E-state index contributed by atoms with van der Waals surface area (Å²) in [7, 11) is -6.74. The third-order valence-electron chi connectivity index (χ3n) is 7.58. The Balaban J connectivity index is 1.60. The lowest BCUT2D eigenvalue weighted by Gasteiger charge is -2.35. The molecule has 1 heterocycles. The molecule has 1 aliphatic heterocycles. The maximum atomic E-state index is 14.1. The Labute approximate surface area is 285 Å². The summed E-state index contributed by atoms with van der Waals surface area (Å²) in [5.74, 6) is -3.36. The van der Waals surface area contributed by atoms with Crippen molar-refractivity contribution in [1.82, 2.24) is 4.72 Å². The van der Waals surface area contributed by atoms with E-state index in [-0.39, 0.29) is 35.5 Å². The van der Waals surface area contributed by atoms with Crippen LogP contribution in [0, 0.1) is 11.8 Å². The first-order valence-electron chi connectivity index (χ1n) is 14.9. The second kappa shape index (κ2) is 14.6. The fourth-order valence-electron chi connectivity index (χ4n) is 4.69. The van der Waals surface area contributed by atoms with Crippen molar-refractivity contribution >= 4 is 44.4 Å². The molecule has 0 saturated heterocycles. The van der Waals surface area contributed by atoms with Crippen molar-refractivity contribution in [2.45, 2.75) is 63.8 Å². The van der Waals surface area contributed by atoms with Gasteiger partial charge in [-0.2, -0.15) is 26.3 Å². The summed E-state index contributed by atoms with van der Waals surface area (Å²) in [5, 5.41) is 2.05. The first kappa shape index (κ1) is 38.7. The lowest BCUT2D eigenvalue weighted by Crippen LogP contribution is -2.44. The van der Waals surface area contributed by atoms with Crippen LogP contribution in [0.4, 0.5) is 46.9 Å². The van der Waals surface area contributed by atoms with Crippen LogP contribution < -0.4 is 19.1 Å². The number of benzene rings is 1. The Hall–Kier alpha value is -4.13. The molecule has 0 aromatic heterocycles. The Kier molecular flexibility index (Phi) is 11.3. The highest BCUT2D eigenvalue weighted by Gasteiger charge is 2.51. The Morgan fingerprint density at radius 3 is 2.44 bits per heavy atom. The van der Waals surface area contributed by atoms with E-state index in [1.165, 1.54) is 12.2 Å². The summed E-state index contributed by atoms with van der Waals surface area (Å²) in [6, 6.07) is 3.27. The molecule has 0 bridgehead atoms. The molecule has 50 heavy (non-hydrogen) atoms. The number of sulfonamides is 1. The van der Waals surface area contributed by atoms with Gasteiger partial charge in [-0.15, -0.1) is 0 Å². The predicted octanol–water partition coefficient (Wildman–Crippen LogP) is 6.65. The smallest absolute Gasteiger partial charge is 0.427 e. The maximum absolute atomic E-state index is 14.1. The molecule has 0 fully saturated rings. The third-order valence-corrected chi connectivity index (χ3v) is 10.5. The van der Waals surface area contributed by atoms with Crippen LogP contribution in [0.5, 0.6) is 5.75 Å². The summed E-state index contributed by atoms with van der Waals surface area (Å²) in [6.45, 7) is 2.56. The minimum Gasteiger partial charge on any atom is -0.482 e. The summed E-state index contributed by atoms with van der Waals surface area (Å²) in [6.07, 6.45) is -5.88. The number of rotatable bonds is 9. The molecule has 2 aliphatic carbocycles. The highest BCUT2D eigenvalue weighted by Crippen LogP contribution is 2.42. The Bertz CT molecular complexity index is 1780. The number of nitrogens with one attached hydrogen (secondary N) is 2. The fraction of sp³-hybridized carbons (Fsp3) is 0.419. The van der Waals surface area contributed by atoms with Crippen LogP contribution in [0.3, 0.4) is 0 Å². The molecule has 5 unspecified atom stereocenters. The zero-order valence-corrected chi connectivity index (χ0v) is 28.2. The van der Waals surface area contributed by atoms with Crippen molar-refractivity contribution < 1.29 is 62.4 Å². The largest absolute Gasteiger partial charge is 0.482 e. The van der Waals surface area contributed by atoms with E-state index in [1.807, 2.05) is 18.3 Å². The Morgan fingerprint density at radius 1 is 1.12 bits per heavy atom. The molecule has 0 spiro atoms. The van der Waals surface area contributed by atoms with Gasteiger partial charge in [-0.1, -0.05) is 25.2 Å². The SMILES string of the molecule is CC1C=CC(S(=O)NC(=O)C/C=C/C2CN(S(=O)(=O)C3=CC(C(F)(F)F)C(F)C=C3)c3cc(NC(=O)OC(C)(C)C(F)(F)F)ccc3O2)=CC1. The molecule has 0 saturated carbocycles. The van der Waals surface area contributed by atoms with Crippen LogP contribution in [-0.4, -0.2) is 61.4 Å². The molecular formula is C31H32F7N3O7S2. The summed E-state index contributed by atoms with van der Waals surface area (Å²) < 4.78 is 148. The number of alkyl halides is 7. The van der Waals surface area contributed by atoms with Gasteiger partial charge >= 0.3 is 18.4 Å². The van der Waals surface area contributed by atoms with E-state index >= 15 is 0 Å². The van der Waals surface area contributed by atoms with E-state index in [9.17, 15) is 52.9 Å². The number of halogens is 7. The normalized spacial score (nSPS) is 23.4. The standard InChI is InChI=1S/C31H32F7N3O7S2/c1-18-7-10-21(11-8-18)49(44)40-27(42)6-4-5-20-17-41(50(45,46)22-12-13-24(32)23(16-22)30(33,34)35)25-15-19(9-14-26(25)47-20)39-28(43)48-29(2,3)31(36,37)38/h4-5,7,9-16,18,20,23-24H,6,8,17H2,1-3H3,(H,39,43)(H,40,42)/b5-4+. The molecule has 0 radical (unpaired) electrons. The van der Waals surface area contributed by atoms with Crippen LogP contribution in [0.1, 0.15) is 33.6 Å². The molecule has 4 rings (SSSR count). The van der Waals surface area contributed by atoms with Gasteiger partial charge in [-0.3, -0.25) is 19.1 Å². The molecule has 2 amide bonds. The van der Waals surface area contributed by atoms with E-state index in [4.69, 9.17) is 4.74 Å². The van der Waals surface area contributed by atoms with E-state index in [1.54, 1.807) is 12.2 Å². The first-order chi connectivity index (χ1) is 23.1. The highest BCUT2D eigenvalue weighted by atomic mass is 32.2. The number of carbonyl (C=O) groups excluding carboxylic acids is 2. The van der Waals surface area contributed by atoms with Gasteiger partial charge in [-0.05, 0) is 74.8 Å². The van der Waals surface area contributed by atoms with Crippen molar-refractivity contribution in [3.8, 4) is 5.75 Å². The monoisotopic (exact) mass is 755 g/mol. The van der Waals surface area contributed by atoms with Crippen molar-refractivity contribution in [1.29, 1.82) is 0 Å². The second-order valence-corrected chi connectivity index (χ2v) is 15.0. The molecule has 1 aromatic carbocycles. The number of hydrogen-bond acceptors (Lipinski definition) is 7. The van der Waals surface area contributed by atoms with Crippen molar-refractivity contribution in [3.05, 3.63) is 76.6 Å². The summed E-state index contributed by atoms with van der Waals surface area (Å²) in [4.78, 5) is 24.2. The fourth-order valence-corrected chi connectivity index (χ4v) is 7.12. The van der Waals surface area contributed by atoms with Gasteiger partial charge in [0.25, 0.3) is 10.0 Å². The van der Waals surface area contributed by atoms with E-state index in [2.05, 4.69) is 9.46 Å². The van der Waals surface area contributed by atoms with Crippen LogP contribution in [-0.2, 0) is 30.5 Å². The van der Waals surface area contributed by atoms with E-state index in [0.717, 1.165) is 18.2 Å². The summed E-state index contributed by atoms with van der Waals surface area (Å²) >= 11 is 0. The average Bonchev–Trinajstić information content (AvgIpc) is 2.99. The second-order valence-electron chi connectivity index (χ2n) is 11.9. The Morgan fingerprint density at radius 2 is 1.82 bits per heavy atom. The van der Waals surface area contributed by atoms with Crippen molar-refractivity contribution in [2.24, 2.45) is 11.8 Å². The molecule has 10 nitrogen and oxygen atoms in total. The molecule has 2 N–H and O–H groups in total. The molecule has 274 valence electrons. The molecule has 3 aliphatic rings. The molecule has 5 atom stereocenters.